The molecule has 3 aromatic rings. The van der Waals surface area contributed by atoms with Crippen LogP contribution in [-0.4, -0.2) is 15.2 Å². The minimum atomic E-state index is -0.335. The molecule has 2 heterocycles. The zero-order valence-electron chi connectivity index (χ0n) is 11.0. The molecule has 0 unspecified atom stereocenters. The van der Waals surface area contributed by atoms with E-state index in [1.807, 2.05) is 6.07 Å². The molecule has 2 aromatic heterocycles. The van der Waals surface area contributed by atoms with Crippen LogP contribution in [0.3, 0.4) is 0 Å². The van der Waals surface area contributed by atoms with Crippen molar-refractivity contribution in [1.29, 1.82) is 0 Å². The number of halogens is 2. The van der Waals surface area contributed by atoms with E-state index in [1.54, 1.807) is 31.5 Å². The number of nitrogens with one attached hydrogen (secondary N) is 1. The number of rotatable bonds is 3. The van der Waals surface area contributed by atoms with Gasteiger partial charge in [0.25, 0.3) is 0 Å². The first kappa shape index (κ1) is 13.9. The summed E-state index contributed by atoms with van der Waals surface area (Å²) in [4.78, 5) is 4.04. The van der Waals surface area contributed by atoms with Crippen molar-refractivity contribution >= 4 is 34.0 Å². The minimum absolute atomic E-state index is 0.335. The fourth-order valence-electron chi connectivity index (χ4n) is 1.82. The third kappa shape index (κ3) is 3.02. The Kier molecular flexibility index (Phi) is 3.82. The second kappa shape index (κ2) is 5.76. The highest BCUT2D eigenvalue weighted by Gasteiger charge is 2.13. The molecule has 0 bridgehead atoms. The highest BCUT2D eigenvalue weighted by atomic mass is 127. The average molecular weight is 396 g/mol. The molecule has 0 spiro atoms. The molecule has 1 aromatic carbocycles. The van der Waals surface area contributed by atoms with Crippen LogP contribution in [0.1, 0.15) is 5.89 Å². The summed E-state index contributed by atoms with van der Waals surface area (Å²) in [6, 6.07) is 6.68. The second-order valence-electron chi connectivity index (χ2n) is 4.30. The molecule has 0 aliphatic heterocycles. The van der Waals surface area contributed by atoms with Gasteiger partial charge in [-0.1, -0.05) is 0 Å². The van der Waals surface area contributed by atoms with Gasteiger partial charge in [0, 0.05) is 16.7 Å². The number of hydrogen-bond acceptors (Lipinski definition) is 5. The molecular formula is C14H10FIN4O. The highest BCUT2D eigenvalue weighted by molar-refractivity contribution is 14.1. The van der Waals surface area contributed by atoms with Gasteiger partial charge in [0.1, 0.15) is 5.82 Å². The zero-order valence-corrected chi connectivity index (χ0v) is 13.1. The van der Waals surface area contributed by atoms with Crippen molar-refractivity contribution in [2.24, 2.45) is 0 Å². The fourth-order valence-corrected chi connectivity index (χ4v) is 2.28. The number of anilines is 2. The first-order chi connectivity index (χ1) is 10.1. The lowest BCUT2D eigenvalue weighted by molar-refractivity contribution is 0.533. The molecule has 0 saturated carbocycles. The Labute approximate surface area is 133 Å². The monoisotopic (exact) mass is 396 g/mol. The van der Waals surface area contributed by atoms with Gasteiger partial charge in [0.15, 0.2) is 0 Å². The minimum Gasteiger partial charge on any atom is -0.421 e. The Morgan fingerprint density at radius 2 is 2.05 bits per heavy atom. The summed E-state index contributed by atoms with van der Waals surface area (Å²) < 4.78 is 20.2. The van der Waals surface area contributed by atoms with Crippen molar-refractivity contribution in [2.75, 3.05) is 5.32 Å². The molecule has 0 atom stereocenters. The van der Waals surface area contributed by atoms with Crippen molar-refractivity contribution in [2.45, 2.75) is 6.92 Å². The van der Waals surface area contributed by atoms with Crippen LogP contribution < -0.4 is 5.32 Å². The predicted molar refractivity (Wildman–Crippen MR) is 84.7 cm³/mol. The predicted octanol–water partition coefficient (Wildman–Crippen LogP) is 3.93. The molecule has 0 fully saturated rings. The quantitative estimate of drug-likeness (QED) is 0.680. The summed E-state index contributed by atoms with van der Waals surface area (Å²) in [5, 5.41) is 10.8. The lowest BCUT2D eigenvalue weighted by Crippen LogP contribution is -1.97. The third-order valence-corrected chi connectivity index (χ3v) is 3.45. The van der Waals surface area contributed by atoms with Crippen LogP contribution in [-0.2, 0) is 0 Å². The molecular weight excluding hydrogens is 386 g/mol. The van der Waals surface area contributed by atoms with Crippen LogP contribution in [0.4, 0.5) is 15.8 Å². The van der Waals surface area contributed by atoms with Crippen molar-refractivity contribution in [3.8, 4) is 11.5 Å². The maximum atomic E-state index is 13.9. The molecule has 3 rings (SSSR count). The van der Waals surface area contributed by atoms with E-state index < -0.39 is 0 Å². The lowest BCUT2D eigenvalue weighted by atomic mass is 10.2. The summed E-state index contributed by atoms with van der Waals surface area (Å²) in [5.74, 6) is 0.495. The van der Waals surface area contributed by atoms with Crippen LogP contribution >= 0.6 is 22.6 Å². The first-order valence-corrected chi connectivity index (χ1v) is 7.18. The summed E-state index contributed by atoms with van der Waals surface area (Å²) in [7, 11) is 0. The SMILES string of the molecule is Cc1nnc(-c2ccncc2Nc2ccc(I)cc2F)o1. The van der Waals surface area contributed by atoms with E-state index in [4.69, 9.17) is 4.42 Å². The molecule has 7 heteroatoms. The zero-order chi connectivity index (χ0) is 14.8. The molecule has 0 radical (unpaired) electrons. The van der Waals surface area contributed by atoms with Crippen molar-refractivity contribution in [3.05, 3.63) is 51.9 Å². The number of aryl methyl sites for hydroxylation is 1. The van der Waals surface area contributed by atoms with Gasteiger partial charge in [0.05, 0.1) is 23.1 Å². The first-order valence-electron chi connectivity index (χ1n) is 6.10. The van der Waals surface area contributed by atoms with Crippen LogP contribution in [0.2, 0.25) is 0 Å². The van der Waals surface area contributed by atoms with Gasteiger partial charge in [-0.2, -0.15) is 0 Å². The Morgan fingerprint density at radius 1 is 1.19 bits per heavy atom. The molecule has 0 amide bonds. The number of hydrogen-bond donors (Lipinski definition) is 1. The van der Waals surface area contributed by atoms with E-state index >= 15 is 0 Å². The molecule has 0 aliphatic carbocycles. The molecule has 1 N–H and O–H groups in total. The number of benzene rings is 1. The van der Waals surface area contributed by atoms with Crippen molar-refractivity contribution < 1.29 is 8.81 Å². The summed E-state index contributed by atoms with van der Waals surface area (Å²) >= 11 is 2.06. The maximum absolute atomic E-state index is 13.9. The van der Waals surface area contributed by atoms with Gasteiger partial charge in [-0.25, -0.2) is 4.39 Å². The van der Waals surface area contributed by atoms with Gasteiger partial charge in [0.2, 0.25) is 11.8 Å². The standard InChI is InChI=1S/C14H10FIN4O/c1-8-19-20-14(21-8)10-4-5-17-7-13(10)18-12-3-2-9(16)6-11(12)15/h2-7,18H,1H3. The lowest BCUT2D eigenvalue weighted by Gasteiger charge is -2.10. The number of pyridine rings is 1. The van der Waals surface area contributed by atoms with Crippen LogP contribution in [0.25, 0.3) is 11.5 Å². The molecule has 0 aliphatic rings. The van der Waals surface area contributed by atoms with Gasteiger partial charge in [-0.15, -0.1) is 10.2 Å². The Morgan fingerprint density at radius 3 is 2.76 bits per heavy atom. The van der Waals surface area contributed by atoms with Crippen LogP contribution in [0.15, 0.2) is 41.1 Å². The fraction of sp³-hybridized carbons (Fsp3) is 0.0714. The Bertz CT molecular complexity index is 790. The topological polar surface area (TPSA) is 63.8 Å². The van der Waals surface area contributed by atoms with Gasteiger partial charge >= 0.3 is 0 Å². The Hall–Kier alpha value is -2.03. The Balaban J connectivity index is 1.99. The van der Waals surface area contributed by atoms with Gasteiger partial charge in [-0.3, -0.25) is 4.98 Å². The molecule has 106 valence electrons. The van der Waals surface area contributed by atoms with Crippen molar-refractivity contribution in [3.63, 3.8) is 0 Å². The summed E-state index contributed by atoms with van der Waals surface area (Å²) in [6.07, 6.45) is 3.20. The van der Waals surface area contributed by atoms with Gasteiger partial charge in [-0.05, 0) is 46.9 Å². The van der Waals surface area contributed by atoms with E-state index in [9.17, 15) is 4.39 Å². The smallest absolute Gasteiger partial charge is 0.249 e. The molecule has 21 heavy (non-hydrogen) atoms. The average Bonchev–Trinajstić information content (AvgIpc) is 2.89. The van der Waals surface area contributed by atoms with E-state index in [0.717, 1.165) is 3.57 Å². The maximum Gasteiger partial charge on any atom is 0.249 e. The number of nitrogens with zero attached hydrogens (tertiary/aromatic N) is 3. The summed E-state index contributed by atoms with van der Waals surface area (Å²) in [6.45, 7) is 1.71. The molecule has 5 nitrogen and oxygen atoms in total. The molecule has 0 saturated heterocycles. The summed E-state index contributed by atoms with van der Waals surface area (Å²) in [5.41, 5.74) is 1.63. The van der Waals surface area contributed by atoms with E-state index in [-0.39, 0.29) is 5.82 Å². The van der Waals surface area contributed by atoms with Crippen LogP contribution in [0, 0.1) is 16.3 Å². The van der Waals surface area contributed by atoms with E-state index in [1.165, 1.54) is 6.07 Å². The van der Waals surface area contributed by atoms with Crippen LogP contribution in [0.5, 0.6) is 0 Å². The second-order valence-corrected chi connectivity index (χ2v) is 5.54. The highest BCUT2D eigenvalue weighted by Crippen LogP contribution is 2.29. The normalized spacial score (nSPS) is 10.6. The largest absolute Gasteiger partial charge is 0.421 e. The van der Waals surface area contributed by atoms with Gasteiger partial charge < -0.3 is 9.73 Å². The van der Waals surface area contributed by atoms with E-state index in [2.05, 4.69) is 43.1 Å². The van der Waals surface area contributed by atoms with E-state index in [0.29, 0.717) is 28.7 Å². The third-order valence-electron chi connectivity index (χ3n) is 2.78. The number of aromatic nitrogens is 3. The van der Waals surface area contributed by atoms with Crippen molar-refractivity contribution in [1.82, 2.24) is 15.2 Å².